The van der Waals surface area contributed by atoms with Gasteiger partial charge in [0.2, 0.25) is 5.95 Å². The van der Waals surface area contributed by atoms with Gasteiger partial charge in [0, 0.05) is 36.6 Å². The Morgan fingerprint density at radius 1 is 1.16 bits per heavy atom. The lowest BCUT2D eigenvalue weighted by Crippen LogP contribution is -2.40. The molecule has 1 aliphatic heterocycles. The third kappa shape index (κ3) is 4.17. The molecule has 0 bridgehead atoms. The van der Waals surface area contributed by atoms with Gasteiger partial charge in [-0.15, -0.1) is 0 Å². The summed E-state index contributed by atoms with van der Waals surface area (Å²) in [6.45, 7) is 1.07. The van der Waals surface area contributed by atoms with Crippen molar-refractivity contribution in [3.05, 3.63) is 42.4 Å². The van der Waals surface area contributed by atoms with E-state index in [1.54, 1.807) is 37.6 Å². The van der Waals surface area contributed by atoms with Crippen LogP contribution in [0, 0.1) is 0 Å². The Morgan fingerprint density at radius 2 is 1.90 bits per heavy atom. The van der Waals surface area contributed by atoms with Crippen molar-refractivity contribution < 1.29 is 19.4 Å². The zero-order valence-corrected chi connectivity index (χ0v) is 17.5. The van der Waals surface area contributed by atoms with Crippen molar-refractivity contribution in [2.75, 3.05) is 33.0 Å². The van der Waals surface area contributed by atoms with Gasteiger partial charge >= 0.3 is 0 Å². The maximum Gasteiger partial charge on any atom is 0.270 e. The lowest BCUT2D eigenvalue weighted by molar-refractivity contribution is 0.0542. The predicted molar refractivity (Wildman–Crippen MR) is 116 cm³/mol. The van der Waals surface area contributed by atoms with E-state index in [-0.39, 0.29) is 18.0 Å². The Labute approximate surface area is 179 Å². The summed E-state index contributed by atoms with van der Waals surface area (Å²) in [6, 6.07) is 7.30. The number of nitrogen functional groups attached to an aromatic ring is 1. The first-order valence-corrected chi connectivity index (χ1v) is 10.0. The number of carbonyl (C=O) groups excluding carboxylic acids is 1. The fourth-order valence-electron chi connectivity index (χ4n) is 3.72. The van der Waals surface area contributed by atoms with Crippen molar-refractivity contribution >= 4 is 11.9 Å². The van der Waals surface area contributed by atoms with Crippen LogP contribution in [-0.2, 0) is 0 Å². The second-order valence-electron chi connectivity index (χ2n) is 7.39. The fraction of sp³-hybridized carbons (Fsp3) is 0.318. The molecule has 0 spiro atoms. The van der Waals surface area contributed by atoms with Gasteiger partial charge in [0.25, 0.3) is 5.91 Å². The lowest BCUT2D eigenvalue weighted by Gasteiger charge is -2.29. The van der Waals surface area contributed by atoms with E-state index in [9.17, 15) is 9.90 Å². The van der Waals surface area contributed by atoms with Crippen molar-refractivity contribution in [3.8, 4) is 33.9 Å². The molecular weight excluding hydrogens is 398 g/mol. The number of methoxy groups -OCH3 is 2. The van der Waals surface area contributed by atoms with Crippen LogP contribution in [0.4, 0.5) is 5.95 Å². The highest BCUT2D eigenvalue weighted by atomic mass is 16.5. The molecule has 2 aromatic heterocycles. The number of benzene rings is 1. The fourth-order valence-corrected chi connectivity index (χ4v) is 3.72. The Balaban J connectivity index is 1.68. The van der Waals surface area contributed by atoms with Gasteiger partial charge in [-0.2, -0.15) is 0 Å². The van der Waals surface area contributed by atoms with E-state index in [1.807, 2.05) is 18.2 Å². The molecule has 0 atom stereocenters. The largest absolute Gasteiger partial charge is 0.493 e. The molecule has 1 saturated heterocycles. The molecule has 31 heavy (non-hydrogen) atoms. The van der Waals surface area contributed by atoms with Crippen molar-refractivity contribution in [1.82, 2.24) is 19.9 Å². The summed E-state index contributed by atoms with van der Waals surface area (Å²) in [5.41, 5.74) is 9.22. The second kappa shape index (κ2) is 8.65. The Kier molecular flexibility index (Phi) is 5.77. The number of hydrogen-bond acceptors (Lipinski definition) is 7. The van der Waals surface area contributed by atoms with Crippen LogP contribution in [0.15, 0.2) is 36.7 Å². The number of ether oxygens (including phenoxy) is 2. The summed E-state index contributed by atoms with van der Waals surface area (Å²) in [7, 11) is 3.16. The van der Waals surface area contributed by atoms with E-state index >= 15 is 0 Å². The van der Waals surface area contributed by atoms with E-state index in [4.69, 9.17) is 15.2 Å². The highest BCUT2D eigenvalue weighted by Crippen LogP contribution is 2.36. The molecule has 4 rings (SSSR count). The third-order valence-corrected chi connectivity index (χ3v) is 5.44. The first kappa shape index (κ1) is 20.7. The monoisotopic (exact) mass is 423 g/mol. The number of aromatic amines is 1. The van der Waals surface area contributed by atoms with Crippen molar-refractivity contribution in [3.63, 3.8) is 0 Å². The molecule has 4 N–H and O–H groups in total. The molecule has 0 aliphatic carbocycles. The van der Waals surface area contributed by atoms with Crippen LogP contribution in [0.2, 0.25) is 0 Å². The number of likely N-dealkylation sites (tertiary alicyclic amines) is 1. The predicted octanol–water partition coefficient (Wildman–Crippen LogP) is 2.33. The van der Waals surface area contributed by atoms with Crippen molar-refractivity contribution in [2.45, 2.75) is 18.9 Å². The number of carbonyl (C=O) groups is 1. The van der Waals surface area contributed by atoms with Gasteiger partial charge in [-0.1, -0.05) is 6.07 Å². The lowest BCUT2D eigenvalue weighted by atomic mass is 10.0. The van der Waals surface area contributed by atoms with Crippen LogP contribution in [0.5, 0.6) is 11.5 Å². The minimum absolute atomic E-state index is 0.104. The summed E-state index contributed by atoms with van der Waals surface area (Å²) in [5, 5.41) is 9.68. The number of aliphatic hydroxyl groups excluding tert-OH is 1. The van der Waals surface area contributed by atoms with Gasteiger partial charge in [-0.25, -0.2) is 9.97 Å². The minimum Gasteiger partial charge on any atom is -0.493 e. The van der Waals surface area contributed by atoms with E-state index < -0.39 is 0 Å². The van der Waals surface area contributed by atoms with Gasteiger partial charge in [-0.05, 0) is 36.6 Å². The topological polar surface area (TPSA) is 127 Å². The number of nitrogens with zero attached hydrogens (tertiary/aromatic N) is 3. The number of H-pyrrole nitrogens is 1. The average molecular weight is 423 g/mol. The van der Waals surface area contributed by atoms with E-state index in [2.05, 4.69) is 15.0 Å². The number of aliphatic hydroxyl groups is 1. The van der Waals surface area contributed by atoms with Gasteiger partial charge in [0.1, 0.15) is 5.69 Å². The second-order valence-corrected chi connectivity index (χ2v) is 7.39. The quantitative estimate of drug-likeness (QED) is 0.575. The molecule has 9 nitrogen and oxygen atoms in total. The Bertz CT molecular complexity index is 1090. The molecule has 0 radical (unpaired) electrons. The summed E-state index contributed by atoms with van der Waals surface area (Å²) in [4.78, 5) is 26.2. The van der Waals surface area contributed by atoms with E-state index in [0.717, 1.165) is 16.7 Å². The smallest absolute Gasteiger partial charge is 0.270 e. The van der Waals surface area contributed by atoms with E-state index in [0.29, 0.717) is 48.8 Å². The van der Waals surface area contributed by atoms with Gasteiger partial charge in [-0.3, -0.25) is 4.79 Å². The number of anilines is 1. The number of hydrogen-bond donors (Lipinski definition) is 3. The standard InChI is InChI=1S/C22H25N5O4/c1-30-18-4-3-13(10-19(18)31-2)16-12-25-22(23)26-20(16)14-9-17(24-11-14)21(29)27-7-5-15(28)6-8-27/h3-4,9-12,15,24,28H,5-8H2,1-2H3,(H2,23,25,26). The third-order valence-electron chi connectivity index (χ3n) is 5.44. The Hall–Kier alpha value is -3.59. The number of amides is 1. The Morgan fingerprint density at radius 3 is 2.61 bits per heavy atom. The highest BCUT2D eigenvalue weighted by molar-refractivity contribution is 5.94. The molecule has 9 heteroatoms. The van der Waals surface area contributed by atoms with Crippen molar-refractivity contribution in [2.24, 2.45) is 0 Å². The zero-order chi connectivity index (χ0) is 22.0. The molecule has 0 saturated carbocycles. The number of rotatable bonds is 5. The maximum absolute atomic E-state index is 12.9. The summed E-state index contributed by atoms with van der Waals surface area (Å²) in [6.07, 6.45) is 4.23. The van der Waals surface area contributed by atoms with Crippen LogP contribution in [-0.4, -0.2) is 64.3 Å². The van der Waals surface area contributed by atoms with Crippen LogP contribution in [0.25, 0.3) is 22.4 Å². The minimum atomic E-state index is -0.337. The molecular formula is C22H25N5O4. The van der Waals surface area contributed by atoms with Crippen LogP contribution >= 0.6 is 0 Å². The van der Waals surface area contributed by atoms with Crippen molar-refractivity contribution in [1.29, 1.82) is 0 Å². The number of piperidine rings is 1. The van der Waals surface area contributed by atoms with Crippen LogP contribution < -0.4 is 15.2 Å². The first-order valence-electron chi connectivity index (χ1n) is 10.0. The maximum atomic E-state index is 12.9. The van der Waals surface area contributed by atoms with Gasteiger partial charge < -0.3 is 30.2 Å². The number of nitrogens with two attached hydrogens (primary N) is 1. The summed E-state index contributed by atoms with van der Waals surface area (Å²) >= 11 is 0. The van der Waals surface area contributed by atoms with Gasteiger partial charge in [0.15, 0.2) is 11.5 Å². The molecule has 1 fully saturated rings. The average Bonchev–Trinajstić information content (AvgIpc) is 3.29. The first-order chi connectivity index (χ1) is 15.0. The molecule has 0 unspecified atom stereocenters. The highest BCUT2D eigenvalue weighted by Gasteiger charge is 2.24. The van der Waals surface area contributed by atoms with Gasteiger partial charge in [0.05, 0.1) is 26.0 Å². The summed E-state index contributed by atoms with van der Waals surface area (Å²) in [5.74, 6) is 1.23. The molecule has 1 aromatic carbocycles. The zero-order valence-electron chi connectivity index (χ0n) is 17.5. The number of aromatic nitrogens is 3. The van der Waals surface area contributed by atoms with Crippen LogP contribution in [0.3, 0.4) is 0 Å². The molecule has 162 valence electrons. The summed E-state index contributed by atoms with van der Waals surface area (Å²) < 4.78 is 10.7. The molecule has 3 heterocycles. The van der Waals surface area contributed by atoms with E-state index in [1.165, 1.54) is 0 Å². The van der Waals surface area contributed by atoms with Crippen LogP contribution in [0.1, 0.15) is 23.3 Å². The molecule has 1 amide bonds. The molecule has 3 aromatic rings. The normalized spacial score (nSPS) is 14.5. The number of nitrogens with one attached hydrogen (secondary N) is 1. The SMILES string of the molecule is COc1ccc(-c2cnc(N)nc2-c2c[nH]c(C(=O)N3CCC(O)CC3)c2)cc1OC. The molecule has 1 aliphatic rings.